The maximum absolute atomic E-state index is 10.6. The molecule has 130 valence electrons. The first kappa shape index (κ1) is 17.4. The molecule has 2 fully saturated rings. The smallest absolute Gasteiger partial charge is 0.0692 e. The molecule has 2 heterocycles. The predicted octanol–water partition coefficient (Wildman–Crippen LogP) is 3.14. The average Bonchev–Trinajstić information content (AvgIpc) is 2.55. The van der Waals surface area contributed by atoms with E-state index in [-0.39, 0.29) is 5.41 Å². The molecule has 2 atom stereocenters. The summed E-state index contributed by atoms with van der Waals surface area (Å²) >= 11 is 0. The van der Waals surface area contributed by atoms with E-state index >= 15 is 0 Å². The van der Waals surface area contributed by atoms with Crippen molar-refractivity contribution in [3.63, 3.8) is 0 Å². The zero-order valence-corrected chi connectivity index (χ0v) is 14.7. The van der Waals surface area contributed by atoms with Crippen molar-refractivity contribution in [1.29, 1.82) is 5.26 Å². The Morgan fingerprint density at radius 2 is 1.96 bits per heavy atom. The summed E-state index contributed by atoms with van der Waals surface area (Å²) in [5.41, 5.74) is 1.11. The van der Waals surface area contributed by atoms with Crippen LogP contribution in [0.4, 0.5) is 0 Å². The van der Waals surface area contributed by atoms with Crippen LogP contribution < -0.4 is 0 Å². The molecule has 2 unspecified atom stereocenters. The number of likely N-dealkylation sites (tertiary alicyclic amines) is 1. The molecular weight excluding hydrogens is 300 g/mol. The third kappa shape index (κ3) is 3.49. The molecule has 0 aliphatic carbocycles. The first-order valence-electron chi connectivity index (χ1n) is 8.92. The lowest BCUT2D eigenvalue weighted by Crippen LogP contribution is -2.57. The molecule has 0 bridgehead atoms. The van der Waals surface area contributed by atoms with Crippen LogP contribution >= 0.6 is 0 Å². The van der Waals surface area contributed by atoms with Crippen LogP contribution in [0.2, 0.25) is 0 Å². The van der Waals surface area contributed by atoms with Gasteiger partial charge in [-0.3, -0.25) is 4.90 Å². The number of β-amino-alcohol motifs (C(OH)–C–C–N with tert-alkyl or cyclic N) is 1. The third-order valence-electron chi connectivity index (χ3n) is 5.59. The Hall–Kier alpha value is -1.41. The summed E-state index contributed by atoms with van der Waals surface area (Å²) in [4.78, 5) is 2.35. The van der Waals surface area contributed by atoms with Crippen molar-refractivity contribution in [3.8, 4) is 6.07 Å². The Morgan fingerprint density at radius 1 is 1.29 bits per heavy atom. The highest BCUT2D eigenvalue weighted by Crippen LogP contribution is 2.48. The zero-order valence-electron chi connectivity index (χ0n) is 14.7. The summed E-state index contributed by atoms with van der Waals surface area (Å²) in [6, 6.07) is 13.3. The van der Waals surface area contributed by atoms with Crippen molar-refractivity contribution in [3.05, 3.63) is 35.9 Å². The second kappa shape index (κ2) is 6.84. The van der Waals surface area contributed by atoms with Crippen molar-refractivity contribution < 1.29 is 9.84 Å². The van der Waals surface area contributed by atoms with Gasteiger partial charge < -0.3 is 9.84 Å². The molecule has 2 aliphatic rings. The summed E-state index contributed by atoms with van der Waals surface area (Å²) < 4.78 is 5.38. The highest BCUT2D eigenvalue weighted by molar-refractivity contribution is 5.24. The number of nitrogens with zero attached hydrogens (tertiary/aromatic N) is 2. The number of rotatable bonds is 5. The predicted molar refractivity (Wildman–Crippen MR) is 93.3 cm³/mol. The van der Waals surface area contributed by atoms with E-state index in [1.54, 1.807) is 0 Å². The lowest BCUT2D eigenvalue weighted by Gasteiger charge is -2.55. The van der Waals surface area contributed by atoms with Crippen LogP contribution in [-0.2, 0) is 4.74 Å². The van der Waals surface area contributed by atoms with Gasteiger partial charge in [-0.05, 0) is 30.2 Å². The molecule has 4 heteroatoms. The van der Waals surface area contributed by atoms with Gasteiger partial charge in [0.25, 0.3) is 0 Å². The Morgan fingerprint density at radius 3 is 2.54 bits per heavy atom. The minimum atomic E-state index is -0.468. The van der Waals surface area contributed by atoms with Gasteiger partial charge in [-0.2, -0.15) is 5.26 Å². The molecule has 0 amide bonds. The van der Waals surface area contributed by atoms with E-state index in [9.17, 15) is 10.4 Å². The molecule has 0 saturated carbocycles. The van der Waals surface area contributed by atoms with Crippen LogP contribution in [0.25, 0.3) is 0 Å². The number of nitriles is 1. The first-order chi connectivity index (χ1) is 11.5. The monoisotopic (exact) mass is 328 g/mol. The average molecular weight is 328 g/mol. The minimum Gasteiger partial charge on any atom is -0.392 e. The number of aliphatic hydroxyl groups excluding tert-OH is 1. The Labute approximate surface area is 145 Å². The van der Waals surface area contributed by atoms with Gasteiger partial charge in [0.05, 0.1) is 17.6 Å². The van der Waals surface area contributed by atoms with E-state index in [4.69, 9.17) is 4.74 Å². The molecule has 0 aromatic heterocycles. The van der Waals surface area contributed by atoms with Crippen molar-refractivity contribution in [2.45, 2.75) is 45.3 Å². The summed E-state index contributed by atoms with van der Waals surface area (Å²) in [6.45, 7) is 7.43. The van der Waals surface area contributed by atoms with Crippen LogP contribution in [0.3, 0.4) is 0 Å². The second-order valence-electron chi connectivity index (χ2n) is 8.09. The number of aliphatic hydroxyl groups is 1. The van der Waals surface area contributed by atoms with Crippen molar-refractivity contribution in [2.24, 2.45) is 10.8 Å². The molecule has 0 radical (unpaired) electrons. The molecule has 4 nitrogen and oxygen atoms in total. The van der Waals surface area contributed by atoms with Gasteiger partial charge in [-0.1, -0.05) is 44.2 Å². The molecule has 3 rings (SSSR count). The van der Waals surface area contributed by atoms with Crippen molar-refractivity contribution >= 4 is 0 Å². The van der Waals surface area contributed by atoms with Gasteiger partial charge >= 0.3 is 0 Å². The maximum atomic E-state index is 10.6. The van der Waals surface area contributed by atoms with E-state index < -0.39 is 11.5 Å². The fraction of sp³-hybridized carbons (Fsp3) is 0.650. The topological polar surface area (TPSA) is 56.5 Å². The van der Waals surface area contributed by atoms with Crippen LogP contribution in [0.5, 0.6) is 0 Å². The lowest BCUT2D eigenvalue weighted by molar-refractivity contribution is -0.0817. The summed E-state index contributed by atoms with van der Waals surface area (Å²) in [6.07, 6.45) is 1.54. The molecule has 1 N–H and O–H groups in total. The molecule has 2 saturated heterocycles. The van der Waals surface area contributed by atoms with Crippen LogP contribution in [-0.4, -0.2) is 42.4 Å². The normalized spacial score (nSPS) is 27.0. The lowest BCUT2D eigenvalue weighted by atomic mass is 9.71. The van der Waals surface area contributed by atoms with Crippen LogP contribution in [0, 0.1) is 22.2 Å². The largest absolute Gasteiger partial charge is 0.392 e. The molecule has 2 aliphatic heterocycles. The first-order valence-corrected chi connectivity index (χ1v) is 8.92. The summed E-state index contributed by atoms with van der Waals surface area (Å²) in [7, 11) is 0. The Kier molecular flexibility index (Phi) is 4.96. The SMILES string of the molecule is CC1(C)CN(CC(O)CC2(C#N)CCOCC2)C1c1ccccc1. The number of ether oxygens (including phenoxy) is 1. The Bertz CT molecular complexity index is 587. The molecule has 0 spiro atoms. The van der Waals surface area contributed by atoms with E-state index in [2.05, 4.69) is 49.1 Å². The molecule has 1 aromatic carbocycles. The third-order valence-corrected chi connectivity index (χ3v) is 5.59. The van der Waals surface area contributed by atoms with Crippen LogP contribution in [0.1, 0.15) is 44.7 Å². The Balaban J connectivity index is 1.64. The summed E-state index contributed by atoms with van der Waals surface area (Å²) in [5.74, 6) is 0. The fourth-order valence-electron chi connectivity index (χ4n) is 4.46. The zero-order chi connectivity index (χ0) is 17.2. The number of hydrogen-bond acceptors (Lipinski definition) is 4. The van der Waals surface area contributed by atoms with E-state index in [1.165, 1.54) is 5.56 Å². The molecular formula is C20H28N2O2. The maximum Gasteiger partial charge on any atom is 0.0692 e. The van der Waals surface area contributed by atoms with Gasteiger partial charge in [0.15, 0.2) is 0 Å². The van der Waals surface area contributed by atoms with Gasteiger partial charge in [-0.15, -0.1) is 0 Å². The van der Waals surface area contributed by atoms with Gasteiger partial charge in [0, 0.05) is 32.3 Å². The standard InChI is InChI=1S/C20H28N2O2/c1-19(2)15-22(18(19)16-6-4-3-5-7-16)13-17(23)12-20(14-21)8-10-24-11-9-20/h3-7,17-18,23H,8-13,15H2,1-2H3. The second-order valence-corrected chi connectivity index (χ2v) is 8.09. The van der Waals surface area contributed by atoms with Crippen molar-refractivity contribution in [1.82, 2.24) is 4.90 Å². The van der Waals surface area contributed by atoms with E-state index in [0.717, 1.165) is 19.4 Å². The molecule has 1 aromatic rings. The molecule has 24 heavy (non-hydrogen) atoms. The van der Waals surface area contributed by atoms with Crippen LogP contribution in [0.15, 0.2) is 30.3 Å². The van der Waals surface area contributed by atoms with E-state index in [0.29, 0.717) is 32.2 Å². The fourth-order valence-corrected chi connectivity index (χ4v) is 4.46. The van der Waals surface area contributed by atoms with Gasteiger partial charge in [0.2, 0.25) is 0 Å². The number of benzene rings is 1. The van der Waals surface area contributed by atoms with Gasteiger partial charge in [-0.25, -0.2) is 0 Å². The quantitative estimate of drug-likeness (QED) is 0.902. The van der Waals surface area contributed by atoms with E-state index in [1.807, 2.05) is 6.07 Å². The highest BCUT2D eigenvalue weighted by atomic mass is 16.5. The minimum absolute atomic E-state index is 0.215. The highest BCUT2D eigenvalue weighted by Gasteiger charge is 2.47. The summed E-state index contributed by atoms with van der Waals surface area (Å²) in [5, 5.41) is 20.2. The van der Waals surface area contributed by atoms with Crippen molar-refractivity contribution in [2.75, 3.05) is 26.3 Å². The van der Waals surface area contributed by atoms with Gasteiger partial charge in [0.1, 0.15) is 0 Å². The number of hydrogen-bond donors (Lipinski definition) is 1.